The molecule has 1 aromatic heterocycles. The summed E-state index contributed by atoms with van der Waals surface area (Å²) in [6, 6.07) is 18.2. The number of para-hydroxylation sites is 3. The number of benzene rings is 2. The van der Waals surface area contributed by atoms with Gasteiger partial charge in [-0.3, -0.25) is 4.79 Å². The van der Waals surface area contributed by atoms with Crippen molar-refractivity contribution in [3.05, 3.63) is 54.6 Å². The van der Waals surface area contributed by atoms with Crippen molar-refractivity contribution in [3.63, 3.8) is 0 Å². The van der Waals surface area contributed by atoms with E-state index in [2.05, 4.69) is 44.9 Å². The van der Waals surface area contributed by atoms with Crippen LogP contribution in [0, 0.1) is 0 Å². The second-order valence-corrected chi connectivity index (χ2v) is 6.97. The number of aryl methyl sites for hydroxylation is 1. The minimum absolute atomic E-state index is 0.0335. The van der Waals surface area contributed by atoms with Gasteiger partial charge in [-0.05, 0) is 31.2 Å². The number of fused-ring (bicyclic) bond motifs is 1. The standard InChI is InChI=1S/C20H24N4OS/c1-3-24-18-12-8-7-11-17(18)22-20(24)26-15-19(25)21-13-14-23(2)16-9-5-4-6-10-16/h4-12H,3,13-15H2,1-2H3,(H,21,25). The van der Waals surface area contributed by atoms with Gasteiger partial charge >= 0.3 is 0 Å². The van der Waals surface area contributed by atoms with Crippen LogP contribution in [-0.2, 0) is 11.3 Å². The molecule has 1 N–H and O–H groups in total. The first-order valence-corrected chi connectivity index (χ1v) is 9.78. The van der Waals surface area contributed by atoms with Gasteiger partial charge in [0.05, 0.1) is 16.8 Å². The number of likely N-dealkylation sites (N-methyl/N-ethyl adjacent to an activating group) is 1. The van der Waals surface area contributed by atoms with Crippen molar-refractivity contribution in [3.8, 4) is 0 Å². The molecule has 0 fully saturated rings. The van der Waals surface area contributed by atoms with E-state index in [-0.39, 0.29) is 5.91 Å². The van der Waals surface area contributed by atoms with Crippen LogP contribution in [0.2, 0.25) is 0 Å². The van der Waals surface area contributed by atoms with Crippen molar-refractivity contribution in [2.24, 2.45) is 0 Å². The molecule has 26 heavy (non-hydrogen) atoms. The molecule has 0 spiro atoms. The third-order valence-electron chi connectivity index (χ3n) is 4.23. The molecule has 0 aliphatic carbocycles. The zero-order valence-corrected chi connectivity index (χ0v) is 16.0. The normalized spacial score (nSPS) is 10.8. The lowest BCUT2D eigenvalue weighted by atomic mass is 10.3. The Morgan fingerprint density at radius 1 is 1.15 bits per heavy atom. The molecule has 0 aliphatic rings. The van der Waals surface area contributed by atoms with Gasteiger partial charge in [-0.25, -0.2) is 4.98 Å². The summed E-state index contributed by atoms with van der Waals surface area (Å²) in [4.78, 5) is 18.9. The van der Waals surface area contributed by atoms with E-state index in [0.29, 0.717) is 12.3 Å². The van der Waals surface area contributed by atoms with E-state index in [0.717, 1.165) is 35.0 Å². The number of nitrogens with one attached hydrogen (secondary N) is 1. The van der Waals surface area contributed by atoms with Crippen LogP contribution >= 0.6 is 11.8 Å². The van der Waals surface area contributed by atoms with Crippen LogP contribution in [0.15, 0.2) is 59.8 Å². The van der Waals surface area contributed by atoms with Gasteiger partial charge in [0.1, 0.15) is 0 Å². The Balaban J connectivity index is 1.49. The number of anilines is 1. The van der Waals surface area contributed by atoms with Crippen molar-refractivity contribution < 1.29 is 4.79 Å². The van der Waals surface area contributed by atoms with Gasteiger partial charge in [0.15, 0.2) is 5.16 Å². The summed E-state index contributed by atoms with van der Waals surface area (Å²) in [5.74, 6) is 0.407. The first kappa shape index (κ1) is 18.3. The Morgan fingerprint density at radius 3 is 2.65 bits per heavy atom. The Bertz CT molecular complexity index is 863. The van der Waals surface area contributed by atoms with E-state index in [1.807, 2.05) is 43.4 Å². The van der Waals surface area contributed by atoms with E-state index in [1.165, 1.54) is 11.8 Å². The molecule has 0 unspecified atom stereocenters. The molecule has 0 saturated carbocycles. The minimum atomic E-state index is 0.0335. The highest BCUT2D eigenvalue weighted by Gasteiger charge is 2.11. The zero-order chi connectivity index (χ0) is 18.4. The molecule has 3 rings (SSSR count). The van der Waals surface area contributed by atoms with E-state index >= 15 is 0 Å². The number of nitrogens with zero attached hydrogens (tertiary/aromatic N) is 3. The lowest BCUT2D eigenvalue weighted by Gasteiger charge is -2.19. The van der Waals surface area contributed by atoms with Gasteiger partial charge in [0, 0.05) is 32.4 Å². The molecule has 0 aliphatic heterocycles. The van der Waals surface area contributed by atoms with Crippen LogP contribution < -0.4 is 10.2 Å². The van der Waals surface area contributed by atoms with Crippen LogP contribution in [0.3, 0.4) is 0 Å². The molecular formula is C20H24N4OS. The van der Waals surface area contributed by atoms with Gasteiger partial charge in [0.25, 0.3) is 0 Å². The Labute approximate surface area is 158 Å². The van der Waals surface area contributed by atoms with Crippen LogP contribution in [0.5, 0.6) is 0 Å². The summed E-state index contributed by atoms with van der Waals surface area (Å²) in [5, 5.41) is 3.88. The maximum atomic E-state index is 12.2. The Hall–Kier alpha value is -2.47. The van der Waals surface area contributed by atoms with Crippen molar-refractivity contribution in [1.82, 2.24) is 14.9 Å². The average molecular weight is 369 g/mol. The summed E-state index contributed by atoms with van der Waals surface area (Å²) in [5.41, 5.74) is 3.23. The van der Waals surface area contributed by atoms with Crippen molar-refractivity contribution in [2.75, 3.05) is 30.8 Å². The number of amides is 1. The molecular weight excluding hydrogens is 344 g/mol. The quantitative estimate of drug-likeness (QED) is 0.619. The lowest BCUT2D eigenvalue weighted by molar-refractivity contribution is -0.118. The monoisotopic (exact) mass is 368 g/mol. The van der Waals surface area contributed by atoms with Gasteiger partial charge in [-0.2, -0.15) is 0 Å². The first-order chi connectivity index (χ1) is 12.7. The predicted molar refractivity (Wildman–Crippen MR) is 109 cm³/mol. The van der Waals surface area contributed by atoms with E-state index in [1.54, 1.807) is 0 Å². The summed E-state index contributed by atoms with van der Waals surface area (Å²) in [6.07, 6.45) is 0. The molecule has 3 aromatic rings. The zero-order valence-electron chi connectivity index (χ0n) is 15.2. The molecule has 1 amide bonds. The van der Waals surface area contributed by atoms with Crippen molar-refractivity contribution >= 4 is 34.4 Å². The van der Waals surface area contributed by atoms with Crippen LogP contribution in [0.1, 0.15) is 6.92 Å². The van der Waals surface area contributed by atoms with E-state index in [9.17, 15) is 4.79 Å². The predicted octanol–water partition coefficient (Wildman–Crippen LogP) is 3.40. The fraction of sp³-hybridized carbons (Fsp3) is 0.300. The number of carbonyl (C=O) groups excluding carboxylic acids is 1. The average Bonchev–Trinajstić information content (AvgIpc) is 3.04. The van der Waals surface area contributed by atoms with Crippen molar-refractivity contribution in [2.45, 2.75) is 18.6 Å². The molecule has 0 bridgehead atoms. The van der Waals surface area contributed by atoms with Crippen LogP contribution in [0.4, 0.5) is 5.69 Å². The molecule has 2 aromatic carbocycles. The van der Waals surface area contributed by atoms with Crippen LogP contribution in [-0.4, -0.2) is 41.3 Å². The second kappa shape index (κ2) is 8.76. The number of aromatic nitrogens is 2. The third-order valence-corrected chi connectivity index (χ3v) is 5.21. The van der Waals surface area contributed by atoms with Gasteiger partial charge < -0.3 is 14.8 Å². The summed E-state index contributed by atoms with van der Waals surface area (Å²) >= 11 is 1.49. The highest BCUT2D eigenvalue weighted by Crippen LogP contribution is 2.23. The SMILES string of the molecule is CCn1c(SCC(=O)NCCN(C)c2ccccc2)nc2ccccc21. The smallest absolute Gasteiger partial charge is 0.230 e. The summed E-state index contributed by atoms with van der Waals surface area (Å²) in [7, 11) is 2.03. The number of hydrogen-bond donors (Lipinski definition) is 1. The second-order valence-electron chi connectivity index (χ2n) is 6.02. The van der Waals surface area contributed by atoms with Gasteiger partial charge in [-0.15, -0.1) is 0 Å². The van der Waals surface area contributed by atoms with Gasteiger partial charge in [0.2, 0.25) is 5.91 Å². The fourth-order valence-corrected chi connectivity index (χ4v) is 3.73. The highest BCUT2D eigenvalue weighted by atomic mass is 32.2. The minimum Gasteiger partial charge on any atom is -0.373 e. The third kappa shape index (κ3) is 4.38. The number of hydrogen-bond acceptors (Lipinski definition) is 4. The number of imidazole rings is 1. The summed E-state index contributed by atoms with van der Waals surface area (Å²) < 4.78 is 2.15. The Kier molecular flexibility index (Phi) is 6.17. The largest absolute Gasteiger partial charge is 0.373 e. The lowest BCUT2D eigenvalue weighted by Crippen LogP contribution is -2.33. The first-order valence-electron chi connectivity index (χ1n) is 8.80. The Morgan fingerprint density at radius 2 is 1.88 bits per heavy atom. The maximum Gasteiger partial charge on any atom is 0.230 e. The fourth-order valence-electron chi connectivity index (χ4n) is 2.82. The molecule has 1 heterocycles. The molecule has 136 valence electrons. The number of thioether (sulfide) groups is 1. The molecule has 0 saturated heterocycles. The summed E-state index contributed by atoms with van der Waals surface area (Å²) in [6.45, 7) is 4.33. The van der Waals surface area contributed by atoms with Crippen molar-refractivity contribution in [1.29, 1.82) is 0 Å². The number of carbonyl (C=O) groups is 1. The van der Waals surface area contributed by atoms with E-state index in [4.69, 9.17) is 0 Å². The van der Waals surface area contributed by atoms with Gasteiger partial charge in [-0.1, -0.05) is 42.1 Å². The molecule has 6 heteroatoms. The topological polar surface area (TPSA) is 50.2 Å². The molecule has 0 radical (unpaired) electrons. The van der Waals surface area contributed by atoms with E-state index < -0.39 is 0 Å². The molecule has 0 atom stereocenters. The van der Waals surface area contributed by atoms with Crippen LogP contribution in [0.25, 0.3) is 11.0 Å². The molecule has 5 nitrogen and oxygen atoms in total. The number of rotatable bonds is 8. The highest BCUT2D eigenvalue weighted by molar-refractivity contribution is 7.99. The maximum absolute atomic E-state index is 12.2.